The van der Waals surface area contributed by atoms with Crippen LogP contribution in [-0.2, 0) is 13.6 Å². The van der Waals surface area contributed by atoms with Gasteiger partial charge < -0.3 is 0 Å². The molecule has 4 rings (SSSR count). The molecular weight excluding hydrogens is 290 g/mol. The van der Waals surface area contributed by atoms with E-state index in [0.29, 0.717) is 18.3 Å². The van der Waals surface area contributed by atoms with Crippen LogP contribution < -0.4 is 5.69 Å². The number of H-pyrrole nitrogens is 1. The van der Waals surface area contributed by atoms with Gasteiger partial charge in [0.2, 0.25) is 0 Å². The van der Waals surface area contributed by atoms with Crippen molar-refractivity contribution in [1.29, 1.82) is 0 Å². The van der Waals surface area contributed by atoms with Gasteiger partial charge >= 0.3 is 5.69 Å². The lowest BCUT2D eigenvalue weighted by molar-refractivity contribution is 0.616. The topological polar surface area (TPSA) is 94.3 Å². The van der Waals surface area contributed by atoms with Crippen LogP contribution in [0.4, 0.5) is 0 Å². The molecule has 108 valence electrons. The van der Waals surface area contributed by atoms with Gasteiger partial charge in [-0.1, -0.05) is 5.21 Å². The smallest absolute Gasteiger partial charge is 0.291 e. The van der Waals surface area contributed by atoms with Gasteiger partial charge in [0.05, 0.1) is 11.9 Å². The lowest BCUT2D eigenvalue weighted by atomic mass is 10.3. The molecule has 0 saturated heterocycles. The van der Waals surface area contributed by atoms with Crippen LogP contribution in [0.5, 0.6) is 0 Å². The minimum absolute atomic E-state index is 0.237. The molecule has 0 aromatic carbocycles. The number of nitrogens with zero attached hydrogens (tertiary/aromatic N) is 6. The summed E-state index contributed by atoms with van der Waals surface area (Å²) in [5, 5.41) is 15.3. The molecule has 21 heavy (non-hydrogen) atoms. The second kappa shape index (κ2) is 4.62. The lowest BCUT2D eigenvalue weighted by Gasteiger charge is -1.93. The van der Waals surface area contributed by atoms with Crippen LogP contribution in [0.25, 0.3) is 10.7 Å². The first-order valence-corrected chi connectivity index (χ1v) is 7.55. The Hall–Kier alpha value is -2.29. The van der Waals surface area contributed by atoms with Gasteiger partial charge in [-0.2, -0.15) is 5.10 Å². The van der Waals surface area contributed by atoms with E-state index in [1.165, 1.54) is 23.2 Å². The van der Waals surface area contributed by atoms with Crippen LogP contribution in [0.1, 0.15) is 30.3 Å². The number of hydrogen-bond donors (Lipinski definition) is 1. The van der Waals surface area contributed by atoms with E-state index in [0.717, 1.165) is 10.7 Å². The zero-order valence-electron chi connectivity index (χ0n) is 11.4. The molecule has 0 radical (unpaired) electrons. The van der Waals surface area contributed by atoms with Gasteiger partial charge in [0, 0.05) is 18.3 Å². The first kappa shape index (κ1) is 12.5. The third kappa shape index (κ3) is 2.40. The SMILES string of the molecule is Cn1nc(Cn2cc(-c3nc(C4CC4)cs3)nn2)[nH]c1=O. The maximum absolute atomic E-state index is 11.3. The summed E-state index contributed by atoms with van der Waals surface area (Å²) in [6.45, 7) is 0.379. The summed E-state index contributed by atoms with van der Waals surface area (Å²) in [7, 11) is 1.60. The van der Waals surface area contributed by atoms with Crippen molar-refractivity contribution in [3.8, 4) is 10.7 Å². The van der Waals surface area contributed by atoms with Gasteiger partial charge in [0.15, 0.2) is 5.82 Å². The number of aromatic nitrogens is 7. The van der Waals surface area contributed by atoms with Gasteiger partial charge in [-0.15, -0.1) is 16.4 Å². The number of rotatable bonds is 4. The first-order valence-electron chi connectivity index (χ1n) is 6.67. The first-order chi connectivity index (χ1) is 10.2. The molecule has 0 amide bonds. The van der Waals surface area contributed by atoms with Gasteiger partial charge in [-0.05, 0) is 12.8 Å². The standard InChI is InChI=1S/C12H13N7OS/c1-18-12(20)14-10(16-18)5-19-4-8(15-17-19)11-13-9(6-21-11)7-2-3-7/h4,6-7H,2-3,5H2,1H3,(H,14,16,20). The molecule has 0 unspecified atom stereocenters. The largest absolute Gasteiger partial charge is 0.343 e. The number of aryl methyl sites for hydroxylation is 1. The van der Waals surface area contributed by atoms with E-state index in [9.17, 15) is 4.79 Å². The average molecular weight is 303 g/mol. The molecule has 3 aromatic rings. The van der Waals surface area contributed by atoms with Crippen molar-refractivity contribution in [2.24, 2.45) is 7.05 Å². The predicted octanol–water partition coefficient (Wildman–Crippen LogP) is 0.749. The highest BCUT2D eigenvalue weighted by Gasteiger charge is 2.26. The third-order valence-corrected chi connectivity index (χ3v) is 4.29. The molecule has 0 atom stereocenters. The highest BCUT2D eigenvalue weighted by atomic mass is 32.1. The molecule has 8 nitrogen and oxygen atoms in total. The molecule has 3 heterocycles. The minimum Gasteiger partial charge on any atom is -0.291 e. The Balaban J connectivity index is 1.55. The van der Waals surface area contributed by atoms with Crippen molar-refractivity contribution < 1.29 is 0 Å². The van der Waals surface area contributed by atoms with Crippen LogP contribution in [0, 0.1) is 0 Å². The summed E-state index contributed by atoms with van der Waals surface area (Å²) in [5.41, 5.74) is 1.68. The zero-order chi connectivity index (χ0) is 14.4. The van der Waals surface area contributed by atoms with Crippen molar-refractivity contribution in [1.82, 2.24) is 34.7 Å². The van der Waals surface area contributed by atoms with E-state index in [1.807, 2.05) is 6.20 Å². The summed E-state index contributed by atoms with van der Waals surface area (Å²) in [4.78, 5) is 18.6. The molecule has 3 aromatic heterocycles. The fourth-order valence-corrected chi connectivity index (χ4v) is 2.97. The Morgan fingerprint density at radius 3 is 3.05 bits per heavy atom. The summed E-state index contributed by atoms with van der Waals surface area (Å²) in [6.07, 6.45) is 4.30. The molecule has 1 saturated carbocycles. The van der Waals surface area contributed by atoms with E-state index in [2.05, 4.69) is 30.8 Å². The second-order valence-electron chi connectivity index (χ2n) is 5.15. The summed E-state index contributed by atoms with van der Waals surface area (Å²) >= 11 is 1.59. The molecule has 1 aliphatic rings. The quantitative estimate of drug-likeness (QED) is 0.767. The van der Waals surface area contributed by atoms with Gasteiger partial charge in [-0.25, -0.2) is 19.1 Å². The van der Waals surface area contributed by atoms with E-state index < -0.39 is 0 Å². The fourth-order valence-electron chi connectivity index (χ4n) is 2.12. The Bertz CT molecular complexity index is 838. The number of nitrogens with one attached hydrogen (secondary N) is 1. The summed E-state index contributed by atoms with van der Waals surface area (Å²) in [5.74, 6) is 1.19. The predicted molar refractivity (Wildman–Crippen MR) is 76.0 cm³/mol. The Morgan fingerprint density at radius 2 is 2.33 bits per heavy atom. The van der Waals surface area contributed by atoms with Crippen LogP contribution in [0.15, 0.2) is 16.4 Å². The monoisotopic (exact) mass is 303 g/mol. The van der Waals surface area contributed by atoms with Crippen LogP contribution in [0.3, 0.4) is 0 Å². The molecular formula is C12H13N7OS. The minimum atomic E-state index is -0.237. The molecule has 1 N–H and O–H groups in total. The van der Waals surface area contributed by atoms with Crippen molar-refractivity contribution in [2.45, 2.75) is 25.3 Å². The van der Waals surface area contributed by atoms with Crippen molar-refractivity contribution in [3.05, 3.63) is 33.6 Å². The molecule has 1 aliphatic carbocycles. The second-order valence-corrected chi connectivity index (χ2v) is 6.01. The molecule has 0 spiro atoms. The van der Waals surface area contributed by atoms with E-state index >= 15 is 0 Å². The fraction of sp³-hybridized carbons (Fsp3) is 0.417. The van der Waals surface area contributed by atoms with E-state index in [1.54, 1.807) is 23.1 Å². The average Bonchev–Trinajstić information content (AvgIpc) is 2.88. The highest BCUT2D eigenvalue weighted by molar-refractivity contribution is 7.13. The Labute approximate surface area is 123 Å². The maximum atomic E-state index is 11.3. The molecule has 1 fully saturated rings. The number of aromatic amines is 1. The van der Waals surface area contributed by atoms with Crippen molar-refractivity contribution in [3.63, 3.8) is 0 Å². The summed E-state index contributed by atoms with van der Waals surface area (Å²) < 4.78 is 2.90. The number of hydrogen-bond acceptors (Lipinski definition) is 6. The Kier molecular flexibility index (Phi) is 2.74. The highest BCUT2D eigenvalue weighted by Crippen LogP contribution is 2.41. The summed E-state index contributed by atoms with van der Waals surface area (Å²) in [6, 6.07) is 0. The van der Waals surface area contributed by atoms with Gasteiger partial charge in [-0.3, -0.25) is 4.98 Å². The van der Waals surface area contributed by atoms with Crippen molar-refractivity contribution in [2.75, 3.05) is 0 Å². The van der Waals surface area contributed by atoms with Crippen molar-refractivity contribution >= 4 is 11.3 Å². The maximum Gasteiger partial charge on any atom is 0.343 e. The molecule has 9 heteroatoms. The normalized spacial score (nSPS) is 14.7. The Morgan fingerprint density at radius 1 is 1.48 bits per heavy atom. The van der Waals surface area contributed by atoms with Crippen LogP contribution >= 0.6 is 11.3 Å². The molecule has 0 bridgehead atoms. The van der Waals surface area contributed by atoms with E-state index in [-0.39, 0.29) is 5.69 Å². The van der Waals surface area contributed by atoms with Gasteiger partial charge in [0.25, 0.3) is 0 Å². The van der Waals surface area contributed by atoms with E-state index in [4.69, 9.17) is 0 Å². The third-order valence-electron chi connectivity index (χ3n) is 3.40. The lowest BCUT2D eigenvalue weighted by Crippen LogP contribution is -2.13. The zero-order valence-corrected chi connectivity index (χ0v) is 12.2. The van der Waals surface area contributed by atoms with Crippen LogP contribution in [0.2, 0.25) is 0 Å². The molecule has 0 aliphatic heterocycles. The number of thiazole rings is 1. The van der Waals surface area contributed by atoms with Crippen LogP contribution in [-0.4, -0.2) is 34.7 Å². The van der Waals surface area contributed by atoms with Gasteiger partial charge in [0.1, 0.15) is 17.2 Å².